The van der Waals surface area contributed by atoms with E-state index in [4.69, 9.17) is 4.74 Å². The molecular weight excluding hydrogens is 360 g/mol. The van der Waals surface area contributed by atoms with Gasteiger partial charge in [-0.2, -0.15) is 0 Å². The molecule has 0 aliphatic rings. The van der Waals surface area contributed by atoms with Crippen LogP contribution in [0.15, 0.2) is 72.8 Å². The number of ether oxygens (including phenoxy) is 1. The topological polar surface area (TPSA) is 50.4 Å². The van der Waals surface area contributed by atoms with E-state index in [1.54, 1.807) is 0 Å². The van der Waals surface area contributed by atoms with Gasteiger partial charge >= 0.3 is 0 Å². The van der Waals surface area contributed by atoms with Gasteiger partial charge in [0.15, 0.2) is 0 Å². The van der Waals surface area contributed by atoms with Gasteiger partial charge in [-0.3, -0.25) is 4.79 Å². The summed E-state index contributed by atoms with van der Waals surface area (Å²) in [4.78, 5) is 12.4. The van der Waals surface area contributed by atoms with Crippen molar-refractivity contribution in [3.05, 3.63) is 89.5 Å². The standard InChI is InChI=1S/C25H28N2O2/c1-3-21-12-7-9-19(2)25(21)26-18-24(28)27-22-13-8-14-23(17-22)29-16-15-20-10-5-4-6-11-20/h4-14,17,26H,3,15-16,18H2,1-2H3,(H,27,28). The van der Waals surface area contributed by atoms with E-state index < -0.39 is 0 Å². The number of para-hydroxylation sites is 1. The number of aryl methyl sites for hydroxylation is 2. The maximum atomic E-state index is 12.4. The average Bonchev–Trinajstić information content (AvgIpc) is 2.74. The molecule has 4 heteroatoms. The molecule has 0 heterocycles. The Labute approximate surface area is 172 Å². The minimum atomic E-state index is -0.0864. The van der Waals surface area contributed by atoms with E-state index in [9.17, 15) is 4.79 Å². The quantitative estimate of drug-likeness (QED) is 0.528. The van der Waals surface area contributed by atoms with E-state index in [0.29, 0.717) is 6.61 Å². The molecule has 0 unspecified atom stereocenters. The molecular formula is C25H28N2O2. The highest BCUT2D eigenvalue weighted by Crippen LogP contribution is 2.21. The Morgan fingerprint density at radius 3 is 2.55 bits per heavy atom. The van der Waals surface area contributed by atoms with Crippen molar-refractivity contribution in [1.29, 1.82) is 0 Å². The predicted molar refractivity (Wildman–Crippen MR) is 120 cm³/mol. The summed E-state index contributed by atoms with van der Waals surface area (Å²) in [6.07, 6.45) is 1.77. The lowest BCUT2D eigenvalue weighted by molar-refractivity contribution is -0.114. The van der Waals surface area contributed by atoms with E-state index in [1.807, 2.05) is 48.5 Å². The molecule has 0 aliphatic carbocycles. The molecule has 0 bridgehead atoms. The first-order valence-corrected chi connectivity index (χ1v) is 10.0. The third kappa shape index (κ3) is 6.11. The average molecular weight is 389 g/mol. The van der Waals surface area contributed by atoms with Gasteiger partial charge in [-0.25, -0.2) is 0 Å². The maximum absolute atomic E-state index is 12.4. The highest BCUT2D eigenvalue weighted by atomic mass is 16.5. The van der Waals surface area contributed by atoms with Crippen LogP contribution in [0.25, 0.3) is 0 Å². The highest BCUT2D eigenvalue weighted by Gasteiger charge is 2.07. The molecule has 0 spiro atoms. The largest absolute Gasteiger partial charge is 0.493 e. The fourth-order valence-corrected chi connectivity index (χ4v) is 3.25. The molecule has 3 aromatic carbocycles. The Hall–Kier alpha value is -3.27. The van der Waals surface area contributed by atoms with Crippen molar-refractivity contribution in [2.24, 2.45) is 0 Å². The Bertz CT molecular complexity index is 939. The third-order valence-corrected chi connectivity index (χ3v) is 4.79. The molecule has 0 fully saturated rings. The van der Waals surface area contributed by atoms with Crippen molar-refractivity contribution in [3.63, 3.8) is 0 Å². The van der Waals surface area contributed by atoms with Crippen LogP contribution in [-0.4, -0.2) is 19.1 Å². The number of anilines is 2. The second-order valence-corrected chi connectivity index (χ2v) is 6.98. The zero-order valence-electron chi connectivity index (χ0n) is 17.1. The van der Waals surface area contributed by atoms with Crippen molar-refractivity contribution in [3.8, 4) is 5.75 Å². The SMILES string of the molecule is CCc1cccc(C)c1NCC(=O)Nc1cccc(OCCc2ccccc2)c1. The fraction of sp³-hybridized carbons (Fsp3) is 0.240. The molecule has 1 amide bonds. The Morgan fingerprint density at radius 1 is 0.966 bits per heavy atom. The number of benzene rings is 3. The monoisotopic (exact) mass is 388 g/mol. The number of hydrogen-bond donors (Lipinski definition) is 2. The van der Waals surface area contributed by atoms with Crippen LogP contribution in [0.4, 0.5) is 11.4 Å². The molecule has 4 nitrogen and oxygen atoms in total. The number of nitrogens with one attached hydrogen (secondary N) is 2. The van der Waals surface area contributed by atoms with Gasteiger partial charge < -0.3 is 15.4 Å². The van der Waals surface area contributed by atoms with E-state index >= 15 is 0 Å². The fourth-order valence-electron chi connectivity index (χ4n) is 3.25. The smallest absolute Gasteiger partial charge is 0.243 e. The van der Waals surface area contributed by atoms with Crippen LogP contribution in [0.5, 0.6) is 5.75 Å². The number of rotatable bonds is 9. The number of amides is 1. The van der Waals surface area contributed by atoms with Crippen LogP contribution in [0.3, 0.4) is 0 Å². The lowest BCUT2D eigenvalue weighted by Gasteiger charge is -2.14. The van der Waals surface area contributed by atoms with Gasteiger partial charge in [-0.05, 0) is 42.2 Å². The molecule has 2 N–H and O–H groups in total. The first-order chi connectivity index (χ1) is 14.2. The van der Waals surface area contributed by atoms with Crippen LogP contribution in [0.2, 0.25) is 0 Å². The van der Waals surface area contributed by atoms with Gasteiger partial charge in [0.1, 0.15) is 5.75 Å². The first kappa shape index (κ1) is 20.5. The summed E-state index contributed by atoms with van der Waals surface area (Å²) in [6, 6.07) is 23.9. The number of carbonyl (C=O) groups is 1. The van der Waals surface area contributed by atoms with Gasteiger partial charge in [0.05, 0.1) is 13.2 Å². The number of hydrogen-bond acceptors (Lipinski definition) is 3. The van der Waals surface area contributed by atoms with Crippen molar-refractivity contribution in [1.82, 2.24) is 0 Å². The van der Waals surface area contributed by atoms with Gasteiger partial charge in [0.2, 0.25) is 5.91 Å². The normalized spacial score (nSPS) is 10.4. The molecule has 0 aliphatic heterocycles. The van der Waals surface area contributed by atoms with Gasteiger partial charge in [0.25, 0.3) is 0 Å². The molecule has 3 aromatic rings. The van der Waals surface area contributed by atoms with Crippen LogP contribution >= 0.6 is 0 Å². The summed E-state index contributed by atoms with van der Waals surface area (Å²) in [5.41, 5.74) is 5.38. The summed E-state index contributed by atoms with van der Waals surface area (Å²) >= 11 is 0. The Balaban J connectivity index is 1.51. The lowest BCUT2D eigenvalue weighted by Crippen LogP contribution is -2.22. The van der Waals surface area contributed by atoms with Crippen molar-refractivity contribution < 1.29 is 9.53 Å². The molecule has 150 valence electrons. The summed E-state index contributed by atoms with van der Waals surface area (Å²) in [7, 11) is 0. The number of carbonyl (C=O) groups excluding carboxylic acids is 1. The molecule has 0 aromatic heterocycles. The van der Waals surface area contributed by atoms with Crippen molar-refractivity contribution >= 4 is 17.3 Å². The predicted octanol–water partition coefficient (Wildman–Crippen LogP) is 5.23. The zero-order valence-corrected chi connectivity index (χ0v) is 17.1. The Morgan fingerprint density at radius 2 is 1.76 bits per heavy atom. The van der Waals surface area contributed by atoms with E-state index in [1.165, 1.54) is 11.1 Å². The van der Waals surface area contributed by atoms with E-state index in [0.717, 1.165) is 35.5 Å². The minimum absolute atomic E-state index is 0.0864. The summed E-state index contributed by atoms with van der Waals surface area (Å²) in [5, 5.41) is 6.21. The molecule has 0 atom stereocenters. The molecule has 29 heavy (non-hydrogen) atoms. The summed E-state index contributed by atoms with van der Waals surface area (Å²) in [5.74, 6) is 0.663. The van der Waals surface area contributed by atoms with Crippen molar-refractivity contribution in [2.75, 3.05) is 23.8 Å². The van der Waals surface area contributed by atoms with Crippen LogP contribution in [-0.2, 0) is 17.6 Å². The lowest BCUT2D eigenvalue weighted by atomic mass is 10.1. The van der Waals surface area contributed by atoms with Crippen LogP contribution in [0, 0.1) is 6.92 Å². The Kier molecular flexibility index (Phi) is 7.28. The van der Waals surface area contributed by atoms with Crippen LogP contribution in [0.1, 0.15) is 23.6 Å². The van der Waals surface area contributed by atoms with Crippen LogP contribution < -0.4 is 15.4 Å². The molecule has 0 saturated heterocycles. The van der Waals surface area contributed by atoms with E-state index in [2.05, 4.69) is 48.7 Å². The summed E-state index contributed by atoms with van der Waals surface area (Å²) < 4.78 is 5.84. The second-order valence-electron chi connectivity index (χ2n) is 6.98. The first-order valence-electron chi connectivity index (χ1n) is 10.0. The molecule has 0 radical (unpaired) electrons. The molecule has 3 rings (SSSR count). The zero-order chi connectivity index (χ0) is 20.5. The summed E-state index contributed by atoms with van der Waals surface area (Å²) in [6.45, 7) is 4.98. The minimum Gasteiger partial charge on any atom is -0.493 e. The van der Waals surface area contributed by atoms with E-state index in [-0.39, 0.29) is 12.5 Å². The van der Waals surface area contributed by atoms with Crippen molar-refractivity contribution in [2.45, 2.75) is 26.7 Å². The maximum Gasteiger partial charge on any atom is 0.243 e. The highest BCUT2D eigenvalue weighted by molar-refractivity contribution is 5.94. The van der Waals surface area contributed by atoms with Gasteiger partial charge in [0, 0.05) is 23.9 Å². The third-order valence-electron chi connectivity index (χ3n) is 4.79. The molecule has 0 saturated carbocycles. The van der Waals surface area contributed by atoms with Gasteiger partial charge in [-0.15, -0.1) is 0 Å². The van der Waals surface area contributed by atoms with Gasteiger partial charge in [-0.1, -0.05) is 61.5 Å². The second kappa shape index (κ2) is 10.3.